The maximum absolute atomic E-state index is 13.5. The molecule has 0 atom stereocenters. The van der Waals surface area contributed by atoms with Crippen LogP contribution in [-0.4, -0.2) is 87.8 Å². The third-order valence-electron chi connectivity index (χ3n) is 9.93. The van der Waals surface area contributed by atoms with Gasteiger partial charge in [-0.2, -0.15) is 8.61 Å². The van der Waals surface area contributed by atoms with E-state index in [1.807, 2.05) is 4.90 Å². The highest BCUT2D eigenvalue weighted by Gasteiger charge is 2.32. The van der Waals surface area contributed by atoms with Crippen LogP contribution < -0.4 is 9.80 Å². The molecule has 0 amide bonds. The van der Waals surface area contributed by atoms with Gasteiger partial charge in [0.15, 0.2) is 21.9 Å². The Bertz CT molecular complexity index is 2470. The molecule has 8 rings (SSSR count). The normalized spacial score (nSPS) is 15.6. The van der Waals surface area contributed by atoms with Crippen molar-refractivity contribution >= 4 is 76.2 Å². The topological polar surface area (TPSA) is 107 Å². The van der Waals surface area contributed by atoms with E-state index in [0.29, 0.717) is 68.7 Å². The van der Waals surface area contributed by atoms with E-state index in [0.717, 1.165) is 28.5 Å². The SMILES string of the molecule is Cc1ccc(-c2csc(N3CCN(S(=O)(=O)c4ccccc4Cl)CC3)n2)cc1C.O=S(=O)(c1ccccc1Cl)N1CCN(c2nc(-c3ccc(F)c(F)c3)cs2)CC1. The molecule has 4 aromatic carbocycles. The zero-order valence-electron chi connectivity index (χ0n) is 31.4. The van der Waals surface area contributed by atoms with Crippen LogP contribution in [0.2, 0.25) is 10.0 Å². The number of aryl methyl sites for hydroxylation is 2. The molecule has 0 aliphatic carbocycles. The van der Waals surface area contributed by atoms with Crippen molar-refractivity contribution in [2.75, 3.05) is 62.2 Å². The van der Waals surface area contributed by atoms with E-state index in [9.17, 15) is 25.6 Å². The van der Waals surface area contributed by atoms with Gasteiger partial charge in [-0.25, -0.2) is 35.6 Å². The fraction of sp³-hybridized carbons (Fsp3) is 0.250. The number of aromatic nitrogens is 2. The minimum atomic E-state index is -3.66. The van der Waals surface area contributed by atoms with E-state index in [1.54, 1.807) is 59.2 Å². The summed E-state index contributed by atoms with van der Waals surface area (Å²) < 4.78 is 81.0. The van der Waals surface area contributed by atoms with E-state index in [2.05, 4.69) is 47.3 Å². The fourth-order valence-electron chi connectivity index (χ4n) is 6.47. The number of piperazine rings is 2. The summed E-state index contributed by atoms with van der Waals surface area (Å²) in [5.41, 5.74) is 5.62. The second kappa shape index (κ2) is 17.7. The molecule has 6 aromatic rings. The first-order valence-electron chi connectivity index (χ1n) is 18.2. The van der Waals surface area contributed by atoms with Crippen LogP contribution in [-0.2, 0) is 20.0 Å². The van der Waals surface area contributed by atoms with Gasteiger partial charge in [0.2, 0.25) is 20.0 Å². The highest BCUT2D eigenvalue weighted by Crippen LogP contribution is 2.33. The summed E-state index contributed by atoms with van der Waals surface area (Å²) in [6.45, 7) is 7.75. The lowest BCUT2D eigenvalue weighted by Gasteiger charge is -2.33. The number of hydrogen-bond donors (Lipinski definition) is 0. The summed E-state index contributed by atoms with van der Waals surface area (Å²) >= 11 is 15.1. The number of benzene rings is 4. The zero-order chi connectivity index (χ0) is 41.2. The lowest BCUT2D eigenvalue weighted by atomic mass is 10.1. The molecule has 18 heteroatoms. The summed E-state index contributed by atoms with van der Waals surface area (Å²) in [5, 5.41) is 5.92. The van der Waals surface area contributed by atoms with Gasteiger partial charge < -0.3 is 9.80 Å². The molecular weight excluding hydrogens is 866 g/mol. The Morgan fingerprint density at radius 3 is 1.41 bits per heavy atom. The summed E-state index contributed by atoms with van der Waals surface area (Å²) in [6.07, 6.45) is 0. The van der Waals surface area contributed by atoms with Crippen LogP contribution in [0.1, 0.15) is 11.1 Å². The van der Waals surface area contributed by atoms with E-state index in [4.69, 9.17) is 28.2 Å². The maximum atomic E-state index is 13.5. The molecule has 2 aliphatic rings. The molecule has 2 aliphatic heterocycles. The Balaban J connectivity index is 0.000000177. The third kappa shape index (κ3) is 9.09. The summed E-state index contributed by atoms with van der Waals surface area (Å²) in [4.78, 5) is 13.7. The largest absolute Gasteiger partial charge is 0.345 e. The molecule has 2 fully saturated rings. The van der Waals surface area contributed by atoms with Crippen LogP contribution in [0.5, 0.6) is 0 Å². The predicted octanol–water partition coefficient (Wildman–Crippen LogP) is 8.84. The van der Waals surface area contributed by atoms with Gasteiger partial charge in [0.05, 0.1) is 21.4 Å². The molecule has 0 spiro atoms. The van der Waals surface area contributed by atoms with Crippen molar-refractivity contribution in [2.45, 2.75) is 23.6 Å². The van der Waals surface area contributed by atoms with Crippen molar-refractivity contribution in [2.24, 2.45) is 0 Å². The number of thiazole rings is 2. The van der Waals surface area contributed by atoms with Gasteiger partial charge in [0.1, 0.15) is 9.79 Å². The highest BCUT2D eigenvalue weighted by molar-refractivity contribution is 7.89. The smallest absolute Gasteiger partial charge is 0.244 e. The number of rotatable bonds is 8. The Labute approximate surface area is 355 Å². The first kappa shape index (κ1) is 42.1. The molecule has 0 unspecified atom stereocenters. The molecule has 0 saturated carbocycles. The number of nitrogens with zero attached hydrogens (tertiary/aromatic N) is 6. The summed E-state index contributed by atoms with van der Waals surface area (Å²) in [7, 11) is -7.25. The minimum Gasteiger partial charge on any atom is -0.345 e. The van der Waals surface area contributed by atoms with Gasteiger partial charge in [-0.05, 0) is 73.5 Å². The van der Waals surface area contributed by atoms with Crippen LogP contribution in [0.25, 0.3) is 22.5 Å². The Kier molecular flexibility index (Phi) is 12.9. The predicted molar refractivity (Wildman–Crippen MR) is 229 cm³/mol. The molecule has 2 aromatic heterocycles. The van der Waals surface area contributed by atoms with Gasteiger partial charge in [0.25, 0.3) is 0 Å². The van der Waals surface area contributed by atoms with Crippen molar-refractivity contribution in [1.82, 2.24) is 18.6 Å². The molecule has 4 heterocycles. The van der Waals surface area contributed by atoms with Crippen molar-refractivity contribution < 1.29 is 25.6 Å². The van der Waals surface area contributed by atoms with Gasteiger partial charge in [0, 0.05) is 74.2 Å². The van der Waals surface area contributed by atoms with Crippen LogP contribution >= 0.6 is 45.9 Å². The standard InChI is InChI=1S/C21H22ClN3O2S2.C19H16ClF2N3O2S2/c1-15-7-8-17(13-16(15)2)19-14-28-21(23-19)24-9-11-25(12-10-24)29(26,27)20-6-4-3-5-18(20)22;20-14-3-1-2-4-18(14)29(26,27)25-9-7-24(8-10-25)19-23-17(12-28-19)13-5-6-15(21)16(22)11-13/h3-8,13-14H,9-12H2,1-2H3;1-6,11-12H,7-10H2. The summed E-state index contributed by atoms with van der Waals surface area (Å²) in [6, 6.07) is 23.0. The molecule has 0 radical (unpaired) electrons. The second-order valence-electron chi connectivity index (χ2n) is 13.6. The van der Waals surface area contributed by atoms with E-state index in [1.165, 1.54) is 43.2 Å². The monoisotopic (exact) mass is 902 g/mol. The van der Waals surface area contributed by atoms with Crippen molar-refractivity contribution in [3.63, 3.8) is 0 Å². The molecule has 0 N–H and O–H groups in total. The van der Waals surface area contributed by atoms with Crippen LogP contribution in [0.4, 0.5) is 19.0 Å². The fourth-order valence-corrected chi connectivity index (χ4v) is 12.1. The van der Waals surface area contributed by atoms with Crippen LogP contribution in [0.3, 0.4) is 0 Å². The minimum absolute atomic E-state index is 0.102. The average molecular weight is 904 g/mol. The van der Waals surface area contributed by atoms with Crippen molar-refractivity contribution in [3.05, 3.63) is 128 Å². The van der Waals surface area contributed by atoms with Crippen LogP contribution in [0.15, 0.2) is 105 Å². The maximum Gasteiger partial charge on any atom is 0.244 e. The van der Waals surface area contributed by atoms with E-state index < -0.39 is 31.7 Å². The van der Waals surface area contributed by atoms with Crippen molar-refractivity contribution in [3.8, 4) is 22.5 Å². The molecule has 58 heavy (non-hydrogen) atoms. The highest BCUT2D eigenvalue weighted by atomic mass is 35.5. The van der Waals surface area contributed by atoms with Gasteiger partial charge in [-0.15, -0.1) is 22.7 Å². The number of hydrogen-bond acceptors (Lipinski definition) is 10. The van der Waals surface area contributed by atoms with Crippen molar-refractivity contribution in [1.29, 1.82) is 0 Å². The van der Waals surface area contributed by atoms with Crippen LogP contribution in [0, 0.1) is 25.5 Å². The molecule has 0 bridgehead atoms. The Hall–Kier alpha value is -4.00. The van der Waals surface area contributed by atoms with Gasteiger partial charge in [-0.1, -0.05) is 59.6 Å². The van der Waals surface area contributed by atoms with E-state index >= 15 is 0 Å². The summed E-state index contributed by atoms with van der Waals surface area (Å²) in [5.74, 6) is -1.82. The number of halogens is 4. The number of anilines is 2. The number of sulfonamides is 2. The Morgan fingerprint density at radius 2 is 0.983 bits per heavy atom. The van der Waals surface area contributed by atoms with E-state index in [-0.39, 0.29) is 19.8 Å². The average Bonchev–Trinajstić information content (AvgIpc) is 3.92. The molecular formula is C40H38Cl2F2N6O4S4. The second-order valence-corrected chi connectivity index (χ2v) is 19.9. The lowest BCUT2D eigenvalue weighted by Crippen LogP contribution is -2.48. The zero-order valence-corrected chi connectivity index (χ0v) is 36.1. The first-order valence-corrected chi connectivity index (χ1v) is 23.6. The van der Waals surface area contributed by atoms with Gasteiger partial charge >= 0.3 is 0 Å². The molecule has 10 nitrogen and oxygen atoms in total. The lowest BCUT2D eigenvalue weighted by molar-refractivity contribution is 0.384. The quantitative estimate of drug-likeness (QED) is 0.149. The van der Waals surface area contributed by atoms with Gasteiger partial charge in [-0.3, -0.25) is 0 Å². The first-order chi connectivity index (χ1) is 27.7. The third-order valence-corrected chi connectivity index (χ3v) is 16.5. The molecule has 304 valence electrons. The molecule has 2 saturated heterocycles. The Morgan fingerprint density at radius 1 is 0.552 bits per heavy atom.